The van der Waals surface area contributed by atoms with Crippen LogP contribution in [-0.2, 0) is 20.1 Å². The standard InChI is InChI=1S/C12H16O5/c1-2-16-12(11(14)15,17-9-8-13)10-6-4-3-5-7-10/h3-7,13H,2,8-9H2,1H3,(H,14,15). The van der Waals surface area contributed by atoms with Crippen molar-refractivity contribution < 1.29 is 24.5 Å². The number of carboxylic acid groups (broad SMARTS) is 1. The van der Waals surface area contributed by atoms with E-state index in [0.717, 1.165) is 0 Å². The maximum Gasteiger partial charge on any atom is 0.369 e. The fourth-order valence-corrected chi connectivity index (χ4v) is 1.51. The van der Waals surface area contributed by atoms with E-state index < -0.39 is 11.8 Å². The van der Waals surface area contributed by atoms with Crippen LogP contribution in [0.3, 0.4) is 0 Å². The Morgan fingerprint density at radius 3 is 2.41 bits per heavy atom. The number of aliphatic hydroxyl groups is 1. The van der Waals surface area contributed by atoms with Crippen molar-refractivity contribution in [3.63, 3.8) is 0 Å². The molecular weight excluding hydrogens is 224 g/mol. The topological polar surface area (TPSA) is 76.0 Å². The van der Waals surface area contributed by atoms with Gasteiger partial charge in [0.1, 0.15) is 0 Å². The van der Waals surface area contributed by atoms with Crippen molar-refractivity contribution in [1.82, 2.24) is 0 Å². The average Bonchev–Trinajstić information content (AvgIpc) is 2.35. The van der Waals surface area contributed by atoms with Crippen molar-refractivity contribution in [3.8, 4) is 0 Å². The predicted octanol–water partition coefficient (Wildman–Crippen LogP) is 0.969. The monoisotopic (exact) mass is 240 g/mol. The quantitative estimate of drug-likeness (QED) is 0.694. The Hall–Kier alpha value is -1.43. The van der Waals surface area contributed by atoms with Gasteiger partial charge < -0.3 is 19.7 Å². The Morgan fingerprint density at radius 1 is 1.29 bits per heavy atom. The molecule has 0 fully saturated rings. The molecule has 1 rings (SSSR count). The third-order valence-corrected chi connectivity index (χ3v) is 2.18. The van der Waals surface area contributed by atoms with Gasteiger partial charge in [-0.15, -0.1) is 0 Å². The zero-order chi connectivity index (χ0) is 12.7. The van der Waals surface area contributed by atoms with Crippen LogP contribution in [0.4, 0.5) is 0 Å². The molecule has 1 aromatic carbocycles. The second kappa shape index (κ2) is 6.34. The molecule has 0 heterocycles. The number of aliphatic carboxylic acids is 1. The Kier molecular flexibility index (Phi) is 5.09. The third-order valence-electron chi connectivity index (χ3n) is 2.18. The molecule has 0 aliphatic carbocycles. The van der Waals surface area contributed by atoms with Crippen LogP contribution in [0.5, 0.6) is 0 Å². The molecule has 1 unspecified atom stereocenters. The van der Waals surface area contributed by atoms with E-state index in [1.807, 2.05) is 0 Å². The number of carbonyl (C=O) groups is 1. The maximum absolute atomic E-state index is 11.4. The average molecular weight is 240 g/mol. The molecular formula is C12H16O5. The van der Waals surface area contributed by atoms with E-state index in [9.17, 15) is 9.90 Å². The van der Waals surface area contributed by atoms with Gasteiger partial charge in [0, 0.05) is 12.2 Å². The van der Waals surface area contributed by atoms with Crippen LogP contribution in [0.2, 0.25) is 0 Å². The summed E-state index contributed by atoms with van der Waals surface area (Å²) < 4.78 is 10.4. The summed E-state index contributed by atoms with van der Waals surface area (Å²) in [4.78, 5) is 11.4. The molecule has 1 aromatic rings. The fraction of sp³-hybridized carbons (Fsp3) is 0.417. The van der Waals surface area contributed by atoms with Crippen molar-refractivity contribution in [3.05, 3.63) is 35.9 Å². The Labute approximate surface area is 99.6 Å². The van der Waals surface area contributed by atoms with Gasteiger partial charge >= 0.3 is 5.97 Å². The summed E-state index contributed by atoms with van der Waals surface area (Å²) in [6, 6.07) is 8.40. The summed E-state index contributed by atoms with van der Waals surface area (Å²) in [5.74, 6) is -3.09. The van der Waals surface area contributed by atoms with E-state index in [1.54, 1.807) is 37.3 Å². The van der Waals surface area contributed by atoms with E-state index in [4.69, 9.17) is 14.6 Å². The molecule has 94 valence electrons. The van der Waals surface area contributed by atoms with Gasteiger partial charge in [-0.25, -0.2) is 4.79 Å². The number of rotatable bonds is 7. The highest BCUT2D eigenvalue weighted by Crippen LogP contribution is 2.27. The summed E-state index contributed by atoms with van der Waals surface area (Å²) in [6.45, 7) is 1.49. The molecule has 0 bridgehead atoms. The van der Waals surface area contributed by atoms with E-state index in [2.05, 4.69) is 0 Å². The molecule has 0 spiro atoms. The fourth-order valence-electron chi connectivity index (χ4n) is 1.51. The minimum Gasteiger partial charge on any atom is -0.477 e. The second-order valence-corrected chi connectivity index (χ2v) is 3.29. The Morgan fingerprint density at radius 2 is 1.94 bits per heavy atom. The van der Waals surface area contributed by atoms with E-state index >= 15 is 0 Å². The Bertz CT molecular complexity index is 351. The molecule has 0 aliphatic rings. The van der Waals surface area contributed by atoms with Gasteiger partial charge in [0.05, 0.1) is 13.2 Å². The summed E-state index contributed by atoms with van der Waals surface area (Å²) in [7, 11) is 0. The van der Waals surface area contributed by atoms with Crippen molar-refractivity contribution in [2.24, 2.45) is 0 Å². The van der Waals surface area contributed by atoms with Gasteiger partial charge in [-0.1, -0.05) is 30.3 Å². The lowest BCUT2D eigenvalue weighted by Gasteiger charge is -2.29. The number of ether oxygens (including phenoxy) is 2. The highest BCUT2D eigenvalue weighted by molar-refractivity contribution is 5.77. The number of carboxylic acids is 1. The highest BCUT2D eigenvalue weighted by Gasteiger charge is 2.42. The molecule has 17 heavy (non-hydrogen) atoms. The van der Waals surface area contributed by atoms with Crippen LogP contribution in [0.25, 0.3) is 0 Å². The summed E-state index contributed by atoms with van der Waals surface area (Å²) >= 11 is 0. The van der Waals surface area contributed by atoms with E-state index in [1.165, 1.54) is 0 Å². The van der Waals surface area contributed by atoms with Crippen LogP contribution >= 0.6 is 0 Å². The van der Waals surface area contributed by atoms with Gasteiger partial charge in [0.15, 0.2) is 0 Å². The zero-order valence-corrected chi connectivity index (χ0v) is 9.63. The minimum absolute atomic E-state index is 0.110. The minimum atomic E-state index is -1.85. The lowest BCUT2D eigenvalue weighted by atomic mass is 10.1. The first-order chi connectivity index (χ1) is 8.17. The van der Waals surface area contributed by atoms with Gasteiger partial charge in [-0.2, -0.15) is 0 Å². The van der Waals surface area contributed by atoms with Gasteiger partial charge in [-0.3, -0.25) is 0 Å². The smallest absolute Gasteiger partial charge is 0.369 e. The normalized spacial score (nSPS) is 14.2. The molecule has 2 N–H and O–H groups in total. The molecule has 0 aromatic heterocycles. The largest absolute Gasteiger partial charge is 0.477 e. The molecule has 5 heteroatoms. The first-order valence-corrected chi connectivity index (χ1v) is 5.35. The first kappa shape index (κ1) is 13.6. The second-order valence-electron chi connectivity index (χ2n) is 3.29. The molecule has 0 saturated carbocycles. The number of aliphatic hydroxyl groups excluding tert-OH is 1. The molecule has 0 amide bonds. The Balaban J connectivity index is 3.10. The molecule has 0 saturated heterocycles. The zero-order valence-electron chi connectivity index (χ0n) is 9.63. The van der Waals surface area contributed by atoms with Crippen molar-refractivity contribution in [2.75, 3.05) is 19.8 Å². The van der Waals surface area contributed by atoms with Crippen LogP contribution in [0.15, 0.2) is 30.3 Å². The summed E-state index contributed by atoms with van der Waals surface area (Å²) in [6.07, 6.45) is 0. The number of hydrogen-bond donors (Lipinski definition) is 2. The van der Waals surface area contributed by atoms with Crippen LogP contribution in [-0.4, -0.2) is 36.0 Å². The number of benzene rings is 1. The number of hydrogen-bond acceptors (Lipinski definition) is 4. The van der Waals surface area contributed by atoms with E-state index in [0.29, 0.717) is 5.56 Å². The first-order valence-electron chi connectivity index (χ1n) is 5.35. The summed E-state index contributed by atoms with van der Waals surface area (Å²) in [5.41, 5.74) is 0.391. The van der Waals surface area contributed by atoms with Gasteiger partial charge in [0.2, 0.25) is 0 Å². The van der Waals surface area contributed by atoms with Crippen molar-refractivity contribution >= 4 is 5.97 Å². The van der Waals surface area contributed by atoms with Gasteiger partial charge in [-0.05, 0) is 6.92 Å². The van der Waals surface area contributed by atoms with E-state index in [-0.39, 0.29) is 19.8 Å². The van der Waals surface area contributed by atoms with Crippen LogP contribution < -0.4 is 0 Å². The predicted molar refractivity (Wildman–Crippen MR) is 60.4 cm³/mol. The lowest BCUT2D eigenvalue weighted by molar-refractivity contribution is -0.252. The molecule has 0 radical (unpaired) electrons. The third kappa shape index (κ3) is 3.03. The molecule has 1 atom stereocenters. The van der Waals surface area contributed by atoms with Crippen LogP contribution in [0, 0.1) is 0 Å². The van der Waals surface area contributed by atoms with Gasteiger partial charge in [0.25, 0.3) is 5.79 Å². The highest BCUT2D eigenvalue weighted by atomic mass is 16.7. The maximum atomic E-state index is 11.4. The van der Waals surface area contributed by atoms with Crippen molar-refractivity contribution in [2.45, 2.75) is 12.7 Å². The van der Waals surface area contributed by atoms with Crippen molar-refractivity contribution in [1.29, 1.82) is 0 Å². The summed E-state index contributed by atoms with van der Waals surface area (Å²) in [5, 5.41) is 18.1. The molecule has 5 nitrogen and oxygen atoms in total. The molecule has 0 aliphatic heterocycles. The van der Waals surface area contributed by atoms with Crippen LogP contribution in [0.1, 0.15) is 12.5 Å². The lowest BCUT2D eigenvalue weighted by Crippen LogP contribution is -2.42. The SMILES string of the molecule is CCOC(OCCO)(C(=O)O)c1ccccc1.